The third kappa shape index (κ3) is 3.74. The van der Waals surface area contributed by atoms with E-state index in [9.17, 15) is 9.59 Å². The summed E-state index contributed by atoms with van der Waals surface area (Å²) in [4.78, 5) is 23.1. The van der Waals surface area contributed by atoms with E-state index in [0.29, 0.717) is 10.7 Å². The van der Waals surface area contributed by atoms with Gasteiger partial charge in [0.2, 0.25) is 11.8 Å². The standard InChI is InChI=1S/C13H15ClN2O2/c1-8-2-3-9(14)6-11(8)16-13(18)7-12(17)15-10-4-5-10/h2-3,6,10H,4-5,7H2,1H3,(H,15,17)(H,16,18). The summed E-state index contributed by atoms with van der Waals surface area (Å²) >= 11 is 5.85. The molecular formula is C13H15ClN2O2. The molecule has 2 rings (SSSR count). The molecule has 1 aliphatic carbocycles. The molecule has 0 heterocycles. The van der Waals surface area contributed by atoms with Gasteiger partial charge in [0.05, 0.1) is 0 Å². The van der Waals surface area contributed by atoms with E-state index in [1.165, 1.54) is 0 Å². The zero-order chi connectivity index (χ0) is 13.1. The normalized spacial score (nSPS) is 14.1. The van der Waals surface area contributed by atoms with Crippen molar-refractivity contribution in [2.75, 3.05) is 5.32 Å². The van der Waals surface area contributed by atoms with Crippen LogP contribution < -0.4 is 10.6 Å². The van der Waals surface area contributed by atoms with Gasteiger partial charge in [-0.25, -0.2) is 0 Å². The average Bonchev–Trinajstić information content (AvgIpc) is 3.07. The number of hydrogen-bond acceptors (Lipinski definition) is 2. The molecule has 0 unspecified atom stereocenters. The number of aryl methyl sites for hydroxylation is 1. The number of carbonyl (C=O) groups excluding carboxylic acids is 2. The number of benzene rings is 1. The molecule has 0 aliphatic heterocycles. The molecule has 0 bridgehead atoms. The van der Waals surface area contributed by atoms with Gasteiger partial charge in [0.15, 0.2) is 0 Å². The second-order valence-electron chi connectivity index (χ2n) is 4.53. The third-order valence-electron chi connectivity index (χ3n) is 2.74. The number of nitrogens with one attached hydrogen (secondary N) is 2. The highest BCUT2D eigenvalue weighted by molar-refractivity contribution is 6.31. The molecule has 0 aromatic heterocycles. The molecule has 1 aromatic rings. The van der Waals surface area contributed by atoms with Crippen LogP contribution in [0.2, 0.25) is 5.02 Å². The lowest BCUT2D eigenvalue weighted by atomic mass is 10.2. The van der Waals surface area contributed by atoms with Crippen LogP contribution in [0.25, 0.3) is 0 Å². The van der Waals surface area contributed by atoms with E-state index in [1.807, 2.05) is 13.0 Å². The number of amides is 2. The molecule has 96 valence electrons. The molecule has 0 radical (unpaired) electrons. The molecular weight excluding hydrogens is 252 g/mol. The molecule has 1 fully saturated rings. The van der Waals surface area contributed by atoms with E-state index in [4.69, 9.17) is 11.6 Å². The van der Waals surface area contributed by atoms with E-state index in [2.05, 4.69) is 10.6 Å². The van der Waals surface area contributed by atoms with Crippen molar-refractivity contribution in [3.63, 3.8) is 0 Å². The Labute approximate surface area is 111 Å². The van der Waals surface area contributed by atoms with Crippen LogP contribution in [0.3, 0.4) is 0 Å². The lowest BCUT2D eigenvalue weighted by Gasteiger charge is -2.08. The summed E-state index contributed by atoms with van der Waals surface area (Å²) in [6.07, 6.45) is 1.88. The van der Waals surface area contributed by atoms with Gasteiger partial charge in [0.1, 0.15) is 6.42 Å². The van der Waals surface area contributed by atoms with E-state index < -0.39 is 0 Å². The molecule has 1 aromatic carbocycles. The maximum absolute atomic E-state index is 11.7. The first-order valence-corrected chi connectivity index (χ1v) is 6.28. The third-order valence-corrected chi connectivity index (χ3v) is 2.97. The van der Waals surface area contributed by atoms with Crippen LogP contribution in [0.1, 0.15) is 24.8 Å². The van der Waals surface area contributed by atoms with Crippen LogP contribution in [0, 0.1) is 6.92 Å². The number of halogens is 1. The van der Waals surface area contributed by atoms with Crippen molar-refractivity contribution in [1.82, 2.24) is 5.32 Å². The molecule has 0 atom stereocenters. The first-order chi connectivity index (χ1) is 8.54. The molecule has 2 N–H and O–H groups in total. The van der Waals surface area contributed by atoms with Gasteiger partial charge in [-0.15, -0.1) is 0 Å². The van der Waals surface area contributed by atoms with Crippen LogP contribution >= 0.6 is 11.6 Å². The van der Waals surface area contributed by atoms with Crippen LogP contribution in [0.5, 0.6) is 0 Å². The van der Waals surface area contributed by atoms with Crippen LogP contribution in [0.4, 0.5) is 5.69 Å². The Morgan fingerprint density at radius 1 is 1.33 bits per heavy atom. The highest BCUT2D eigenvalue weighted by atomic mass is 35.5. The Hall–Kier alpha value is -1.55. The lowest BCUT2D eigenvalue weighted by Crippen LogP contribution is -2.29. The lowest BCUT2D eigenvalue weighted by molar-refractivity contribution is -0.126. The van der Waals surface area contributed by atoms with Crippen molar-refractivity contribution in [2.24, 2.45) is 0 Å². The van der Waals surface area contributed by atoms with Crippen molar-refractivity contribution < 1.29 is 9.59 Å². The van der Waals surface area contributed by atoms with E-state index in [-0.39, 0.29) is 24.3 Å². The zero-order valence-corrected chi connectivity index (χ0v) is 10.9. The van der Waals surface area contributed by atoms with Gasteiger partial charge in [-0.3, -0.25) is 9.59 Å². The number of rotatable bonds is 4. The number of anilines is 1. The maximum Gasteiger partial charge on any atom is 0.233 e. The fraction of sp³-hybridized carbons (Fsp3) is 0.385. The highest BCUT2D eigenvalue weighted by Crippen LogP contribution is 2.21. The van der Waals surface area contributed by atoms with Crippen LogP contribution in [-0.2, 0) is 9.59 Å². The quantitative estimate of drug-likeness (QED) is 0.822. The average molecular weight is 267 g/mol. The Kier molecular flexibility index (Phi) is 3.87. The summed E-state index contributed by atoms with van der Waals surface area (Å²) in [6.45, 7) is 1.87. The molecule has 0 spiro atoms. The topological polar surface area (TPSA) is 58.2 Å². The van der Waals surface area contributed by atoms with Crippen molar-refractivity contribution >= 4 is 29.1 Å². The van der Waals surface area contributed by atoms with Gasteiger partial charge in [0, 0.05) is 16.8 Å². The fourth-order valence-corrected chi connectivity index (χ4v) is 1.75. The molecule has 1 saturated carbocycles. The minimum Gasteiger partial charge on any atom is -0.353 e. The molecule has 1 aliphatic rings. The Morgan fingerprint density at radius 2 is 2.06 bits per heavy atom. The second kappa shape index (κ2) is 5.40. The smallest absolute Gasteiger partial charge is 0.233 e. The number of hydrogen-bond donors (Lipinski definition) is 2. The second-order valence-corrected chi connectivity index (χ2v) is 4.96. The van der Waals surface area contributed by atoms with Gasteiger partial charge in [-0.2, -0.15) is 0 Å². The maximum atomic E-state index is 11.7. The van der Waals surface area contributed by atoms with Crippen LogP contribution in [-0.4, -0.2) is 17.9 Å². The van der Waals surface area contributed by atoms with Gasteiger partial charge >= 0.3 is 0 Å². The molecule has 2 amide bonds. The van der Waals surface area contributed by atoms with E-state index in [1.54, 1.807) is 12.1 Å². The summed E-state index contributed by atoms with van der Waals surface area (Å²) < 4.78 is 0. The van der Waals surface area contributed by atoms with E-state index >= 15 is 0 Å². The van der Waals surface area contributed by atoms with Crippen molar-refractivity contribution in [3.05, 3.63) is 28.8 Å². The minimum atomic E-state index is -0.321. The van der Waals surface area contributed by atoms with Crippen molar-refractivity contribution in [3.8, 4) is 0 Å². The van der Waals surface area contributed by atoms with Gasteiger partial charge in [-0.1, -0.05) is 17.7 Å². The minimum absolute atomic E-state index is 0.150. The van der Waals surface area contributed by atoms with Gasteiger partial charge in [-0.05, 0) is 37.5 Å². The van der Waals surface area contributed by atoms with Crippen LogP contribution in [0.15, 0.2) is 18.2 Å². The Bertz CT molecular complexity index is 484. The largest absolute Gasteiger partial charge is 0.353 e. The molecule has 0 saturated heterocycles. The van der Waals surface area contributed by atoms with Gasteiger partial charge < -0.3 is 10.6 Å². The van der Waals surface area contributed by atoms with Crippen molar-refractivity contribution in [1.29, 1.82) is 0 Å². The van der Waals surface area contributed by atoms with Gasteiger partial charge in [0.25, 0.3) is 0 Å². The Balaban J connectivity index is 1.89. The highest BCUT2D eigenvalue weighted by Gasteiger charge is 2.24. The monoisotopic (exact) mass is 266 g/mol. The predicted octanol–water partition coefficient (Wildman–Crippen LogP) is 2.26. The number of carbonyl (C=O) groups is 2. The first-order valence-electron chi connectivity index (χ1n) is 5.90. The summed E-state index contributed by atoms with van der Waals surface area (Å²) in [5, 5.41) is 6.02. The molecule has 18 heavy (non-hydrogen) atoms. The Morgan fingerprint density at radius 3 is 2.72 bits per heavy atom. The van der Waals surface area contributed by atoms with Crippen molar-refractivity contribution in [2.45, 2.75) is 32.2 Å². The summed E-state index contributed by atoms with van der Waals surface area (Å²) in [6, 6.07) is 5.53. The van der Waals surface area contributed by atoms with E-state index in [0.717, 1.165) is 18.4 Å². The fourth-order valence-electron chi connectivity index (χ4n) is 1.58. The SMILES string of the molecule is Cc1ccc(Cl)cc1NC(=O)CC(=O)NC1CC1. The summed E-state index contributed by atoms with van der Waals surface area (Å²) in [7, 11) is 0. The first kappa shape index (κ1) is 12.9. The summed E-state index contributed by atoms with van der Waals surface area (Å²) in [5.74, 6) is -0.548. The zero-order valence-electron chi connectivity index (χ0n) is 10.1. The predicted molar refractivity (Wildman–Crippen MR) is 70.6 cm³/mol. The molecule has 4 nitrogen and oxygen atoms in total. The summed E-state index contributed by atoms with van der Waals surface area (Å²) in [5.41, 5.74) is 1.56. The molecule has 5 heteroatoms.